The second kappa shape index (κ2) is 2.73. The van der Waals surface area contributed by atoms with Crippen LogP contribution in [0, 0.1) is 5.92 Å². The van der Waals surface area contributed by atoms with Gasteiger partial charge in [0.2, 0.25) is 0 Å². The lowest BCUT2D eigenvalue weighted by Gasteiger charge is -2.30. The molecule has 1 N–H and O–H groups in total. The smallest absolute Gasteiger partial charge is 0.407 e. The van der Waals surface area contributed by atoms with Gasteiger partial charge in [-0.2, -0.15) is 10.2 Å². The zero-order valence-electron chi connectivity index (χ0n) is 6.68. The molecule has 0 aromatic heterocycles. The number of likely N-dealkylation sites (tertiary alicyclic amines) is 1. The summed E-state index contributed by atoms with van der Waals surface area (Å²) < 4.78 is 0. The van der Waals surface area contributed by atoms with Crippen molar-refractivity contribution in [1.82, 2.24) is 4.90 Å². The van der Waals surface area contributed by atoms with E-state index in [2.05, 4.69) is 10.2 Å². The minimum Gasteiger partial charge on any atom is -0.465 e. The number of amides is 1. The molecule has 12 heavy (non-hydrogen) atoms. The molecule has 2 rings (SSSR count). The van der Waals surface area contributed by atoms with Crippen LogP contribution >= 0.6 is 0 Å². The molecule has 0 radical (unpaired) electrons. The van der Waals surface area contributed by atoms with Crippen LogP contribution in [-0.2, 0) is 0 Å². The van der Waals surface area contributed by atoms with Crippen molar-refractivity contribution in [3.8, 4) is 0 Å². The minimum absolute atomic E-state index is 0.292. The molecule has 2 atom stereocenters. The first-order valence-corrected chi connectivity index (χ1v) is 4.12. The van der Waals surface area contributed by atoms with Crippen molar-refractivity contribution in [2.75, 3.05) is 19.6 Å². The fraction of sp³-hybridized carbons (Fsp3) is 0.857. The molecule has 0 bridgehead atoms. The van der Waals surface area contributed by atoms with Gasteiger partial charge in [-0.1, -0.05) is 0 Å². The van der Waals surface area contributed by atoms with Gasteiger partial charge in [0.25, 0.3) is 0 Å². The molecule has 2 aliphatic rings. The summed E-state index contributed by atoms with van der Waals surface area (Å²) in [6.07, 6.45) is 0.0147. The van der Waals surface area contributed by atoms with Gasteiger partial charge < -0.3 is 10.0 Å². The molecular weight excluding hydrogens is 158 g/mol. The SMILES string of the molecule is O=C(O)N1CCC2N=NCC2C1. The Bertz CT molecular complexity index is 229. The van der Waals surface area contributed by atoms with Gasteiger partial charge in [-0.25, -0.2) is 4.79 Å². The van der Waals surface area contributed by atoms with Gasteiger partial charge in [0.05, 0.1) is 12.6 Å². The lowest BCUT2D eigenvalue weighted by Crippen LogP contribution is -2.44. The molecule has 0 aromatic carbocycles. The first kappa shape index (κ1) is 7.52. The van der Waals surface area contributed by atoms with E-state index in [0.717, 1.165) is 6.42 Å². The van der Waals surface area contributed by atoms with E-state index in [1.54, 1.807) is 0 Å². The van der Waals surface area contributed by atoms with Gasteiger partial charge in [-0.15, -0.1) is 0 Å². The molecule has 2 heterocycles. The summed E-state index contributed by atoms with van der Waals surface area (Å²) >= 11 is 0. The number of nitrogens with zero attached hydrogens (tertiary/aromatic N) is 3. The van der Waals surface area contributed by atoms with Crippen LogP contribution in [0.25, 0.3) is 0 Å². The van der Waals surface area contributed by atoms with Crippen LogP contribution in [0.3, 0.4) is 0 Å². The molecule has 0 spiro atoms. The summed E-state index contributed by atoms with van der Waals surface area (Å²) in [6.45, 7) is 1.91. The van der Waals surface area contributed by atoms with Crippen molar-refractivity contribution in [3.63, 3.8) is 0 Å². The fourth-order valence-corrected chi connectivity index (χ4v) is 1.78. The number of azo groups is 1. The van der Waals surface area contributed by atoms with E-state index in [0.29, 0.717) is 31.6 Å². The molecule has 1 saturated heterocycles. The largest absolute Gasteiger partial charge is 0.465 e. The summed E-state index contributed by atoms with van der Waals surface area (Å²) in [7, 11) is 0. The molecular formula is C7H11N3O2. The third-order valence-corrected chi connectivity index (χ3v) is 2.51. The highest BCUT2D eigenvalue weighted by molar-refractivity contribution is 5.65. The third-order valence-electron chi connectivity index (χ3n) is 2.51. The number of carbonyl (C=O) groups is 1. The van der Waals surface area contributed by atoms with Crippen molar-refractivity contribution in [1.29, 1.82) is 0 Å². The fourth-order valence-electron chi connectivity index (χ4n) is 1.78. The topological polar surface area (TPSA) is 65.3 Å². The average Bonchev–Trinajstić information content (AvgIpc) is 2.49. The van der Waals surface area contributed by atoms with E-state index in [1.807, 2.05) is 0 Å². The number of piperidine rings is 1. The lowest BCUT2D eigenvalue weighted by molar-refractivity contribution is 0.119. The molecule has 2 unspecified atom stereocenters. The lowest BCUT2D eigenvalue weighted by atomic mass is 9.94. The summed E-state index contributed by atoms with van der Waals surface area (Å²) in [5, 5.41) is 16.7. The summed E-state index contributed by atoms with van der Waals surface area (Å²) in [4.78, 5) is 12.1. The maximum atomic E-state index is 10.6. The molecule has 0 aliphatic carbocycles. The van der Waals surface area contributed by atoms with Crippen LogP contribution in [0.15, 0.2) is 10.2 Å². The number of hydrogen-bond acceptors (Lipinski definition) is 3. The highest BCUT2D eigenvalue weighted by Gasteiger charge is 2.33. The molecule has 0 saturated carbocycles. The van der Waals surface area contributed by atoms with Crippen LogP contribution in [0.1, 0.15) is 6.42 Å². The highest BCUT2D eigenvalue weighted by Crippen LogP contribution is 2.25. The van der Waals surface area contributed by atoms with Gasteiger partial charge in [-0.05, 0) is 6.42 Å². The Kier molecular flexibility index (Phi) is 1.71. The van der Waals surface area contributed by atoms with E-state index in [1.165, 1.54) is 4.90 Å². The molecule has 5 heteroatoms. The number of hydrogen-bond donors (Lipinski definition) is 1. The van der Waals surface area contributed by atoms with Crippen molar-refractivity contribution < 1.29 is 9.90 Å². The van der Waals surface area contributed by atoms with Crippen LogP contribution in [0.5, 0.6) is 0 Å². The minimum atomic E-state index is -0.819. The first-order chi connectivity index (χ1) is 5.77. The molecule has 0 aromatic rings. The van der Waals surface area contributed by atoms with Crippen LogP contribution in [-0.4, -0.2) is 41.8 Å². The van der Waals surface area contributed by atoms with Crippen LogP contribution in [0.2, 0.25) is 0 Å². The second-order valence-electron chi connectivity index (χ2n) is 3.28. The van der Waals surface area contributed by atoms with Crippen LogP contribution < -0.4 is 0 Å². The molecule has 1 amide bonds. The molecule has 2 aliphatic heterocycles. The number of rotatable bonds is 0. The van der Waals surface area contributed by atoms with Gasteiger partial charge in [0, 0.05) is 19.0 Å². The van der Waals surface area contributed by atoms with Gasteiger partial charge in [0.1, 0.15) is 0 Å². The van der Waals surface area contributed by atoms with E-state index < -0.39 is 6.09 Å². The zero-order valence-corrected chi connectivity index (χ0v) is 6.68. The summed E-state index contributed by atoms with van der Waals surface area (Å²) in [5.41, 5.74) is 0. The van der Waals surface area contributed by atoms with E-state index in [4.69, 9.17) is 5.11 Å². The average molecular weight is 169 g/mol. The Labute approximate surface area is 70.1 Å². The normalized spacial score (nSPS) is 33.5. The standard InChI is InChI=1S/C7H11N3O2/c11-7(12)10-2-1-6-5(4-10)3-8-9-6/h5-6H,1-4H2,(H,11,12). The highest BCUT2D eigenvalue weighted by atomic mass is 16.4. The van der Waals surface area contributed by atoms with Crippen molar-refractivity contribution in [2.45, 2.75) is 12.5 Å². The van der Waals surface area contributed by atoms with E-state index in [9.17, 15) is 4.79 Å². The predicted molar refractivity (Wildman–Crippen MR) is 41.2 cm³/mol. The number of fused-ring (bicyclic) bond motifs is 1. The van der Waals surface area contributed by atoms with Gasteiger partial charge in [-0.3, -0.25) is 0 Å². The quantitative estimate of drug-likeness (QED) is 0.583. The first-order valence-electron chi connectivity index (χ1n) is 4.12. The van der Waals surface area contributed by atoms with Crippen molar-refractivity contribution in [2.24, 2.45) is 16.1 Å². The maximum absolute atomic E-state index is 10.6. The maximum Gasteiger partial charge on any atom is 0.407 e. The number of carboxylic acid groups (broad SMARTS) is 1. The van der Waals surface area contributed by atoms with Gasteiger partial charge >= 0.3 is 6.09 Å². The Morgan fingerprint density at radius 2 is 2.42 bits per heavy atom. The summed E-state index contributed by atoms with van der Waals surface area (Å²) in [6, 6.07) is 0.292. The summed E-state index contributed by atoms with van der Waals surface area (Å²) in [5.74, 6) is 0.342. The Morgan fingerprint density at radius 1 is 1.58 bits per heavy atom. The predicted octanol–water partition coefficient (Wildman–Crippen LogP) is 0.821. The van der Waals surface area contributed by atoms with E-state index >= 15 is 0 Å². The van der Waals surface area contributed by atoms with E-state index in [-0.39, 0.29) is 0 Å². The van der Waals surface area contributed by atoms with Crippen molar-refractivity contribution >= 4 is 6.09 Å². The van der Waals surface area contributed by atoms with Crippen molar-refractivity contribution in [3.05, 3.63) is 0 Å². The zero-order chi connectivity index (χ0) is 8.55. The molecule has 66 valence electrons. The third kappa shape index (κ3) is 1.15. The Balaban J connectivity index is 1.99. The van der Waals surface area contributed by atoms with Crippen LogP contribution in [0.4, 0.5) is 4.79 Å². The monoisotopic (exact) mass is 169 g/mol. The second-order valence-corrected chi connectivity index (χ2v) is 3.28. The molecule has 1 fully saturated rings. The Hall–Kier alpha value is -1.13. The Morgan fingerprint density at radius 3 is 3.17 bits per heavy atom. The van der Waals surface area contributed by atoms with Gasteiger partial charge in [0.15, 0.2) is 0 Å². The molecule has 5 nitrogen and oxygen atoms in total.